The molecule has 0 heterocycles. The van der Waals surface area contributed by atoms with Crippen molar-refractivity contribution in [1.82, 2.24) is 0 Å². The van der Waals surface area contributed by atoms with E-state index in [1.807, 2.05) is 19.1 Å². The zero-order valence-electron chi connectivity index (χ0n) is 10.1. The van der Waals surface area contributed by atoms with E-state index < -0.39 is 0 Å². The molecule has 1 aromatic rings. The van der Waals surface area contributed by atoms with Gasteiger partial charge < -0.3 is 10.5 Å². The van der Waals surface area contributed by atoms with Gasteiger partial charge in [-0.2, -0.15) is 0 Å². The second-order valence-electron chi connectivity index (χ2n) is 4.10. The highest BCUT2D eigenvalue weighted by Gasteiger charge is 2.11. The van der Waals surface area contributed by atoms with Gasteiger partial charge in [-0.3, -0.25) is 0 Å². The first-order chi connectivity index (χ1) is 7.10. The highest BCUT2D eigenvalue weighted by molar-refractivity contribution is 5.40. The molecule has 0 saturated heterocycles. The van der Waals surface area contributed by atoms with Crippen LogP contribution in [0.1, 0.15) is 50.3 Å². The quantitative estimate of drug-likeness (QED) is 0.822. The van der Waals surface area contributed by atoms with Gasteiger partial charge in [0, 0.05) is 6.04 Å². The smallest absolute Gasteiger partial charge is 0.122 e. The summed E-state index contributed by atoms with van der Waals surface area (Å²) in [7, 11) is 1.72. The van der Waals surface area contributed by atoms with E-state index in [4.69, 9.17) is 10.5 Å². The van der Waals surface area contributed by atoms with Gasteiger partial charge in [0.15, 0.2) is 0 Å². The van der Waals surface area contributed by atoms with Crippen LogP contribution in [0.2, 0.25) is 0 Å². The standard InChI is InChI=1S/C13H21NO/c1-5-9(2)12-8-11(10(3)14)6-7-13(12)15-4/h6-10H,5,14H2,1-4H3. The number of benzene rings is 1. The second-order valence-corrected chi connectivity index (χ2v) is 4.10. The van der Waals surface area contributed by atoms with Crippen molar-refractivity contribution >= 4 is 0 Å². The Morgan fingerprint density at radius 1 is 1.33 bits per heavy atom. The van der Waals surface area contributed by atoms with Gasteiger partial charge in [-0.1, -0.05) is 26.0 Å². The van der Waals surface area contributed by atoms with E-state index in [1.54, 1.807) is 7.11 Å². The second kappa shape index (κ2) is 5.17. The van der Waals surface area contributed by atoms with E-state index in [1.165, 1.54) is 11.1 Å². The molecule has 0 aliphatic heterocycles. The zero-order valence-corrected chi connectivity index (χ0v) is 10.1. The van der Waals surface area contributed by atoms with Crippen LogP contribution in [0.4, 0.5) is 0 Å². The minimum absolute atomic E-state index is 0.0821. The third kappa shape index (κ3) is 2.72. The Labute approximate surface area is 92.4 Å². The molecule has 0 radical (unpaired) electrons. The predicted octanol–water partition coefficient (Wildman–Crippen LogP) is 3.23. The van der Waals surface area contributed by atoms with Crippen molar-refractivity contribution in [3.05, 3.63) is 29.3 Å². The zero-order chi connectivity index (χ0) is 11.4. The maximum Gasteiger partial charge on any atom is 0.122 e. The molecule has 0 spiro atoms. The highest BCUT2D eigenvalue weighted by atomic mass is 16.5. The van der Waals surface area contributed by atoms with Crippen molar-refractivity contribution < 1.29 is 4.74 Å². The highest BCUT2D eigenvalue weighted by Crippen LogP contribution is 2.30. The van der Waals surface area contributed by atoms with Gasteiger partial charge >= 0.3 is 0 Å². The third-order valence-corrected chi connectivity index (χ3v) is 2.92. The molecular formula is C13H21NO. The van der Waals surface area contributed by atoms with Crippen molar-refractivity contribution in [1.29, 1.82) is 0 Å². The van der Waals surface area contributed by atoms with Crippen LogP contribution in [-0.4, -0.2) is 7.11 Å². The lowest BCUT2D eigenvalue weighted by Gasteiger charge is -2.16. The summed E-state index contributed by atoms with van der Waals surface area (Å²) in [4.78, 5) is 0. The molecule has 2 atom stereocenters. The molecule has 2 heteroatoms. The Morgan fingerprint density at radius 3 is 2.47 bits per heavy atom. The Morgan fingerprint density at radius 2 is 2.00 bits per heavy atom. The lowest BCUT2D eigenvalue weighted by molar-refractivity contribution is 0.405. The minimum Gasteiger partial charge on any atom is -0.496 e. The Bertz CT molecular complexity index is 320. The molecule has 0 bridgehead atoms. The van der Waals surface area contributed by atoms with Crippen molar-refractivity contribution in [2.24, 2.45) is 5.73 Å². The first-order valence-corrected chi connectivity index (χ1v) is 5.53. The average Bonchev–Trinajstić information content (AvgIpc) is 2.27. The Balaban J connectivity index is 3.13. The summed E-state index contributed by atoms with van der Waals surface area (Å²) in [6, 6.07) is 6.30. The Kier molecular flexibility index (Phi) is 4.15. The van der Waals surface area contributed by atoms with Crippen LogP contribution >= 0.6 is 0 Å². The van der Waals surface area contributed by atoms with Crippen LogP contribution in [0.25, 0.3) is 0 Å². The number of hydrogen-bond donors (Lipinski definition) is 1. The summed E-state index contributed by atoms with van der Waals surface area (Å²) < 4.78 is 5.36. The molecule has 84 valence electrons. The van der Waals surface area contributed by atoms with Gasteiger partial charge in [-0.25, -0.2) is 0 Å². The fourth-order valence-electron chi connectivity index (χ4n) is 1.64. The van der Waals surface area contributed by atoms with Crippen molar-refractivity contribution in [2.75, 3.05) is 7.11 Å². The number of rotatable bonds is 4. The van der Waals surface area contributed by atoms with E-state index >= 15 is 0 Å². The molecule has 15 heavy (non-hydrogen) atoms. The molecule has 0 aromatic heterocycles. The molecular weight excluding hydrogens is 186 g/mol. The monoisotopic (exact) mass is 207 g/mol. The number of hydrogen-bond acceptors (Lipinski definition) is 2. The van der Waals surface area contributed by atoms with E-state index in [2.05, 4.69) is 19.9 Å². The molecule has 1 rings (SSSR count). The SMILES string of the molecule is CCC(C)c1cc(C(C)N)ccc1OC. The lowest BCUT2D eigenvalue weighted by Crippen LogP contribution is -2.06. The van der Waals surface area contributed by atoms with Crippen LogP contribution in [0.3, 0.4) is 0 Å². The molecule has 2 N–H and O–H groups in total. The average molecular weight is 207 g/mol. The fraction of sp³-hybridized carbons (Fsp3) is 0.538. The molecule has 2 unspecified atom stereocenters. The van der Waals surface area contributed by atoms with Crippen LogP contribution in [0.5, 0.6) is 5.75 Å². The van der Waals surface area contributed by atoms with Gasteiger partial charge in [0.25, 0.3) is 0 Å². The molecule has 0 fully saturated rings. The summed E-state index contributed by atoms with van der Waals surface area (Å²) >= 11 is 0. The van der Waals surface area contributed by atoms with Gasteiger partial charge in [0.05, 0.1) is 7.11 Å². The number of methoxy groups -OCH3 is 1. The van der Waals surface area contributed by atoms with E-state index in [9.17, 15) is 0 Å². The molecule has 1 aromatic carbocycles. The first-order valence-electron chi connectivity index (χ1n) is 5.53. The Hall–Kier alpha value is -1.02. The minimum atomic E-state index is 0.0821. The maximum absolute atomic E-state index is 5.87. The van der Waals surface area contributed by atoms with Gasteiger partial charge in [0.1, 0.15) is 5.75 Å². The van der Waals surface area contributed by atoms with Crippen LogP contribution in [0, 0.1) is 0 Å². The topological polar surface area (TPSA) is 35.2 Å². The van der Waals surface area contributed by atoms with Crippen molar-refractivity contribution in [3.63, 3.8) is 0 Å². The van der Waals surface area contributed by atoms with E-state index in [0.717, 1.165) is 12.2 Å². The molecule has 0 saturated carbocycles. The van der Waals surface area contributed by atoms with Crippen molar-refractivity contribution in [3.8, 4) is 5.75 Å². The van der Waals surface area contributed by atoms with Gasteiger partial charge in [0.2, 0.25) is 0 Å². The summed E-state index contributed by atoms with van der Waals surface area (Å²) in [5, 5.41) is 0. The third-order valence-electron chi connectivity index (χ3n) is 2.92. The maximum atomic E-state index is 5.87. The summed E-state index contributed by atoms with van der Waals surface area (Å²) in [6.07, 6.45) is 1.11. The normalized spacial score (nSPS) is 14.7. The van der Waals surface area contributed by atoms with E-state index in [-0.39, 0.29) is 6.04 Å². The summed E-state index contributed by atoms with van der Waals surface area (Å²) in [5.41, 5.74) is 8.31. The molecule has 0 amide bonds. The largest absolute Gasteiger partial charge is 0.496 e. The predicted molar refractivity (Wildman–Crippen MR) is 64.3 cm³/mol. The first kappa shape index (κ1) is 12.1. The molecule has 0 aliphatic rings. The summed E-state index contributed by atoms with van der Waals surface area (Å²) in [5.74, 6) is 1.48. The van der Waals surface area contributed by atoms with Gasteiger partial charge in [-0.15, -0.1) is 0 Å². The lowest BCUT2D eigenvalue weighted by atomic mass is 9.94. The summed E-state index contributed by atoms with van der Waals surface area (Å²) in [6.45, 7) is 6.40. The van der Waals surface area contributed by atoms with Crippen LogP contribution in [0.15, 0.2) is 18.2 Å². The van der Waals surface area contributed by atoms with Crippen molar-refractivity contribution in [2.45, 2.75) is 39.2 Å². The van der Waals surface area contributed by atoms with Crippen LogP contribution < -0.4 is 10.5 Å². The number of ether oxygens (including phenoxy) is 1. The van der Waals surface area contributed by atoms with Crippen LogP contribution in [-0.2, 0) is 0 Å². The molecule has 0 aliphatic carbocycles. The molecule has 2 nitrogen and oxygen atoms in total. The fourth-order valence-corrected chi connectivity index (χ4v) is 1.64. The number of nitrogens with two attached hydrogens (primary N) is 1. The van der Waals surface area contributed by atoms with Gasteiger partial charge in [-0.05, 0) is 36.5 Å². The van der Waals surface area contributed by atoms with E-state index in [0.29, 0.717) is 5.92 Å².